The number of anilines is 1. The number of aromatic nitrogens is 1. The van der Waals surface area contributed by atoms with Gasteiger partial charge in [-0.3, -0.25) is 4.99 Å². The van der Waals surface area contributed by atoms with E-state index in [9.17, 15) is 0 Å². The number of nitrogens with one attached hydrogen (secondary N) is 1. The summed E-state index contributed by atoms with van der Waals surface area (Å²) in [6.07, 6.45) is 3.06. The first-order valence-electron chi connectivity index (χ1n) is 11.7. The third-order valence-electron chi connectivity index (χ3n) is 6.69. The Bertz CT molecular complexity index is 898. The lowest BCUT2D eigenvalue weighted by Crippen LogP contribution is -2.46. The van der Waals surface area contributed by atoms with E-state index >= 15 is 0 Å². The van der Waals surface area contributed by atoms with Crippen molar-refractivity contribution in [2.24, 2.45) is 4.99 Å². The summed E-state index contributed by atoms with van der Waals surface area (Å²) in [5, 5.41) is 3.57. The Hall–Kier alpha value is -2.07. The Kier molecular flexibility index (Phi) is 9.61. The Morgan fingerprint density at radius 3 is 2.55 bits per heavy atom. The summed E-state index contributed by atoms with van der Waals surface area (Å²) < 4.78 is 5.29. The number of halogens is 1. The van der Waals surface area contributed by atoms with E-state index in [1.54, 1.807) is 7.11 Å². The summed E-state index contributed by atoms with van der Waals surface area (Å²) in [5.74, 6) is 3.48. The molecule has 4 rings (SSSR count). The standard InChI is InChI=1S/C25H36N6O.HI/c1-4-29-13-15-30(16-14-29)24-17-20(9-11-27-24)18-28-25(26-2)31-12-10-22(19-31)21-5-7-23(32-3)8-6-21;/h5-9,11,17,22H,4,10,12-16,18-19H2,1-3H3,(H,26,28);1H. The number of hydrogen-bond acceptors (Lipinski definition) is 5. The first-order valence-corrected chi connectivity index (χ1v) is 11.7. The Balaban J connectivity index is 0.00000306. The van der Waals surface area contributed by atoms with Gasteiger partial charge >= 0.3 is 0 Å². The lowest BCUT2D eigenvalue weighted by atomic mass is 9.98. The van der Waals surface area contributed by atoms with Crippen LogP contribution in [0.2, 0.25) is 0 Å². The zero-order valence-electron chi connectivity index (χ0n) is 20.0. The molecule has 3 heterocycles. The van der Waals surface area contributed by atoms with E-state index in [0.717, 1.165) is 76.3 Å². The van der Waals surface area contributed by atoms with Gasteiger partial charge in [0.2, 0.25) is 0 Å². The molecule has 180 valence electrons. The van der Waals surface area contributed by atoms with Crippen molar-refractivity contribution in [2.75, 3.05) is 64.9 Å². The molecule has 2 fully saturated rings. The Morgan fingerprint density at radius 2 is 1.88 bits per heavy atom. The number of likely N-dealkylation sites (N-methyl/N-ethyl adjacent to an activating group) is 1. The highest BCUT2D eigenvalue weighted by Crippen LogP contribution is 2.28. The number of pyridine rings is 1. The zero-order chi connectivity index (χ0) is 22.3. The molecule has 1 aromatic carbocycles. The quantitative estimate of drug-likeness (QED) is 0.330. The van der Waals surface area contributed by atoms with E-state index < -0.39 is 0 Å². The maximum atomic E-state index is 5.29. The van der Waals surface area contributed by atoms with Gasteiger partial charge in [-0.15, -0.1) is 24.0 Å². The minimum atomic E-state index is 0. The number of rotatable bonds is 6. The van der Waals surface area contributed by atoms with Crippen LogP contribution in [-0.2, 0) is 6.54 Å². The van der Waals surface area contributed by atoms with Crippen molar-refractivity contribution < 1.29 is 4.74 Å². The van der Waals surface area contributed by atoms with Crippen LogP contribution in [-0.4, -0.2) is 80.7 Å². The molecule has 7 nitrogen and oxygen atoms in total. The average molecular weight is 565 g/mol. The monoisotopic (exact) mass is 564 g/mol. The van der Waals surface area contributed by atoms with Crippen molar-refractivity contribution in [3.63, 3.8) is 0 Å². The third-order valence-corrected chi connectivity index (χ3v) is 6.69. The van der Waals surface area contributed by atoms with Crippen molar-refractivity contribution in [1.82, 2.24) is 20.1 Å². The third kappa shape index (κ3) is 6.50. The van der Waals surface area contributed by atoms with Gasteiger partial charge in [-0.1, -0.05) is 19.1 Å². The second-order valence-corrected chi connectivity index (χ2v) is 8.55. The number of hydrogen-bond donors (Lipinski definition) is 1. The van der Waals surface area contributed by atoms with Gasteiger partial charge in [0.25, 0.3) is 0 Å². The predicted molar refractivity (Wildman–Crippen MR) is 146 cm³/mol. The fraction of sp³-hybridized carbons (Fsp3) is 0.520. The SMILES string of the molecule is CCN1CCN(c2cc(CNC(=NC)N3CCC(c4ccc(OC)cc4)C3)ccn2)CC1.I. The van der Waals surface area contributed by atoms with E-state index in [1.807, 2.05) is 25.4 Å². The maximum Gasteiger partial charge on any atom is 0.193 e. The molecule has 2 aliphatic rings. The topological polar surface area (TPSA) is 56.2 Å². The van der Waals surface area contributed by atoms with Gasteiger partial charge in [0.05, 0.1) is 7.11 Å². The molecule has 0 radical (unpaired) electrons. The number of guanidine groups is 1. The number of piperazine rings is 1. The number of nitrogens with zero attached hydrogens (tertiary/aromatic N) is 5. The fourth-order valence-corrected chi connectivity index (χ4v) is 4.65. The van der Waals surface area contributed by atoms with Gasteiger partial charge in [0.1, 0.15) is 11.6 Å². The molecule has 0 aliphatic carbocycles. The maximum absolute atomic E-state index is 5.29. The molecule has 33 heavy (non-hydrogen) atoms. The molecule has 1 aromatic heterocycles. The van der Waals surface area contributed by atoms with Crippen molar-refractivity contribution in [3.05, 3.63) is 53.7 Å². The molecule has 2 saturated heterocycles. The van der Waals surface area contributed by atoms with Crippen LogP contribution in [0.1, 0.15) is 30.4 Å². The van der Waals surface area contributed by atoms with Crippen LogP contribution in [0.25, 0.3) is 0 Å². The van der Waals surface area contributed by atoms with Gasteiger partial charge in [-0.25, -0.2) is 4.98 Å². The molecule has 0 saturated carbocycles. The number of aliphatic imine (C=N–C) groups is 1. The Labute approximate surface area is 215 Å². The lowest BCUT2D eigenvalue weighted by molar-refractivity contribution is 0.270. The van der Waals surface area contributed by atoms with Gasteiger partial charge in [-0.2, -0.15) is 0 Å². The molecular formula is C25H37IN6O. The van der Waals surface area contributed by atoms with Crippen molar-refractivity contribution >= 4 is 35.8 Å². The van der Waals surface area contributed by atoms with Gasteiger partial charge < -0.3 is 24.8 Å². The number of ether oxygens (including phenoxy) is 1. The average Bonchev–Trinajstić information content (AvgIpc) is 3.35. The molecule has 1 atom stereocenters. The van der Waals surface area contributed by atoms with Crippen molar-refractivity contribution in [3.8, 4) is 5.75 Å². The van der Waals surface area contributed by atoms with E-state index in [1.165, 1.54) is 11.1 Å². The number of benzene rings is 1. The van der Waals surface area contributed by atoms with Crippen LogP contribution >= 0.6 is 24.0 Å². The zero-order valence-corrected chi connectivity index (χ0v) is 22.4. The molecule has 0 bridgehead atoms. The Morgan fingerprint density at radius 1 is 1.12 bits per heavy atom. The summed E-state index contributed by atoms with van der Waals surface area (Å²) in [7, 11) is 3.58. The van der Waals surface area contributed by atoms with Crippen molar-refractivity contribution in [1.29, 1.82) is 0 Å². The van der Waals surface area contributed by atoms with Crippen LogP contribution in [0.5, 0.6) is 5.75 Å². The summed E-state index contributed by atoms with van der Waals surface area (Å²) in [4.78, 5) is 16.4. The van der Waals surface area contributed by atoms with E-state index in [2.05, 4.69) is 61.2 Å². The van der Waals surface area contributed by atoms with Crippen LogP contribution < -0.4 is 15.0 Å². The number of likely N-dealkylation sites (tertiary alicyclic amines) is 1. The number of methoxy groups -OCH3 is 1. The van der Waals surface area contributed by atoms with E-state index in [-0.39, 0.29) is 24.0 Å². The molecule has 2 aromatic rings. The van der Waals surface area contributed by atoms with E-state index in [0.29, 0.717) is 5.92 Å². The second kappa shape index (κ2) is 12.4. The molecule has 1 N–H and O–H groups in total. The molecule has 0 spiro atoms. The smallest absolute Gasteiger partial charge is 0.193 e. The highest BCUT2D eigenvalue weighted by molar-refractivity contribution is 14.0. The second-order valence-electron chi connectivity index (χ2n) is 8.55. The molecule has 2 aliphatic heterocycles. The van der Waals surface area contributed by atoms with Crippen molar-refractivity contribution in [2.45, 2.75) is 25.8 Å². The summed E-state index contributed by atoms with van der Waals surface area (Å²) in [5.41, 5.74) is 2.60. The first kappa shape index (κ1) is 25.6. The van der Waals surface area contributed by atoms with Gasteiger partial charge in [0.15, 0.2) is 5.96 Å². The lowest BCUT2D eigenvalue weighted by Gasteiger charge is -2.34. The van der Waals surface area contributed by atoms with Gasteiger partial charge in [-0.05, 0) is 48.4 Å². The van der Waals surface area contributed by atoms with Crippen LogP contribution in [0.4, 0.5) is 5.82 Å². The predicted octanol–water partition coefficient (Wildman–Crippen LogP) is 3.42. The minimum absolute atomic E-state index is 0. The highest BCUT2D eigenvalue weighted by Gasteiger charge is 2.26. The van der Waals surface area contributed by atoms with Crippen LogP contribution in [0, 0.1) is 0 Å². The summed E-state index contributed by atoms with van der Waals surface area (Å²) >= 11 is 0. The summed E-state index contributed by atoms with van der Waals surface area (Å²) in [6, 6.07) is 12.8. The molecule has 8 heteroatoms. The first-order chi connectivity index (χ1) is 15.7. The fourth-order valence-electron chi connectivity index (χ4n) is 4.65. The molecule has 0 amide bonds. The highest BCUT2D eigenvalue weighted by atomic mass is 127. The van der Waals surface area contributed by atoms with E-state index in [4.69, 9.17) is 4.74 Å². The molecular weight excluding hydrogens is 527 g/mol. The normalized spacial score (nSPS) is 19.4. The minimum Gasteiger partial charge on any atom is -0.497 e. The van der Waals surface area contributed by atoms with Gasteiger partial charge in [0, 0.05) is 65.0 Å². The van der Waals surface area contributed by atoms with Crippen LogP contribution in [0.15, 0.2) is 47.6 Å². The summed E-state index contributed by atoms with van der Waals surface area (Å²) in [6.45, 7) is 10.4. The van der Waals surface area contributed by atoms with Crippen LogP contribution in [0.3, 0.4) is 0 Å². The molecule has 1 unspecified atom stereocenters. The largest absolute Gasteiger partial charge is 0.497 e.